The van der Waals surface area contributed by atoms with E-state index in [4.69, 9.17) is 4.74 Å². The Morgan fingerprint density at radius 3 is 2.05 bits per heavy atom. The molecule has 1 heteroatoms. The minimum absolute atomic E-state index is 0.703. The molecule has 0 aliphatic carbocycles. The van der Waals surface area contributed by atoms with Crippen LogP contribution in [0.25, 0.3) is 17.2 Å². The maximum absolute atomic E-state index is 5.55. The third-order valence-corrected chi connectivity index (χ3v) is 3.17. The maximum Gasteiger partial charge on any atom is 0.0716 e. The van der Waals surface area contributed by atoms with Crippen molar-refractivity contribution in [2.75, 3.05) is 6.61 Å². The van der Waals surface area contributed by atoms with Crippen molar-refractivity contribution in [2.45, 2.75) is 26.9 Å². The fourth-order valence-corrected chi connectivity index (χ4v) is 2.11. The highest BCUT2D eigenvalue weighted by Crippen LogP contribution is 2.21. The number of ether oxygens (including phenoxy) is 1. The molecular formula is C19H22O. The van der Waals surface area contributed by atoms with Crippen LogP contribution in [0.1, 0.15) is 31.4 Å². The van der Waals surface area contributed by atoms with Crippen LogP contribution in [-0.2, 0) is 11.3 Å². The van der Waals surface area contributed by atoms with Gasteiger partial charge in [-0.2, -0.15) is 0 Å². The van der Waals surface area contributed by atoms with Crippen molar-refractivity contribution in [3.63, 3.8) is 0 Å². The summed E-state index contributed by atoms with van der Waals surface area (Å²) < 4.78 is 5.55. The Labute approximate surface area is 121 Å². The zero-order chi connectivity index (χ0) is 14.2. The summed E-state index contributed by atoms with van der Waals surface area (Å²) in [5, 5.41) is 0. The number of allylic oxidation sites excluding steroid dienone is 1. The Kier molecular flexibility index (Phi) is 5.57. The lowest BCUT2D eigenvalue weighted by molar-refractivity contribution is 0.121. The zero-order valence-corrected chi connectivity index (χ0v) is 12.3. The van der Waals surface area contributed by atoms with E-state index in [0.717, 1.165) is 13.0 Å². The van der Waals surface area contributed by atoms with Crippen LogP contribution in [0.4, 0.5) is 0 Å². The lowest BCUT2D eigenvalue weighted by Gasteiger charge is -2.06. The SMILES string of the molecule is CC=Cc1ccc(-c2ccc(COCCC)cc2)cc1. The van der Waals surface area contributed by atoms with Crippen LogP contribution < -0.4 is 0 Å². The van der Waals surface area contributed by atoms with Crippen LogP contribution in [0.3, 0.4) is 0 Å². The van der Waals surface area contributed by atoms with E-state index >= 15 is 0 Å². The fourth-order valence-electron chi connectivity index (χ4n) is 2.11. The molecule has 0 heterocycles. The summed E-state index contributed by atoms with van der Waals surface area (Å²) in [7, 11) is 0. The van der Waals surface area contributed by atoms with Crippen LogP contribution in [0, 0.1) is 0 Å². The first-order valence-corrected chi connectivity index (χ1v) is 7.23. The van der Waals surface area contributed by atoms with Gasteiger partial charge >= 0.3 is 0 Å². The van der Waals surface area contributed by atoms with Crippen molar-refractivity contribution in [2.24, 2.45) is 0 Å². The fraction of sp³-hybridized carbons (Fsp3) is 0.263. The molecule has 2 aromatic rings. The van der Waals surface area contributed by atoms with Crippen LogP contribution in [0.2, 0.25) is 0 Å². The minimum Gasteiger partial charge on any atom is -0.377 e. The summed E-state index contributed by atoms with van der Waals surface area (Å²) in [4.78, 5) is 0. The molecule has 2 rings (SSSR count). The van der Waals surface area contributed by atoms with Crippen molar-refractivity contribution in [3.8, 4) is 11.1 Å². The van der Waals surface area contributed by atoms with Crippen LogP contribution in [0.15, 0.2) is 54.6 Å². The molecule has 0 saturated carbocycles. The first-order valence-electron chi connectivity index (χ1n) is 7.23. The predicted molar refractivity (Wildman–Crippen MR) is 86.5 cm³/mol. The van der Waals surface area contributed by atoms with Gasteiger partial charge in [0.05, 0.1) is 6.61 Å². The Bertz CT molecular complexity index is 535. The van der Waals surface area contributed by atoms with Gasteiger partial charge in [-0.05, 0) is 35.6 Å². The summed E-state index contributed by atoms with van der Waals surface area (Å²) >= 11 is 0. The maximum atomic E-state index is 5.55. The van der Waals surface area contributed by atoms with Gasteiger partial charge in [-0.25, -0.2) is 0 Å². The summed E-state index contributed by atoms with van der Waals surface area (Å²) in [6.45, 7) is 5.69. The van der Waals surface area contributed by atoms with Gasteiger partial charge in [0.15, 0.2) is 0 Å². The van der Waals surface area contributed by atoms with E-state index in [1.807, 2.05) is 6.92 Å². The number of hydrogen-bond donors (Lipinski definition) is 0. The van der Waals surface area contributed by atoms with Crippen LogP contribution in [-0.4, -0.2) is 6.61 Å². The second-order valence-electron chi connectivity index (χ2n) is 4.87. The second kappa shape index (κ2) is 7.66. The topological polar surface area (TPSA) is 9.23 Å². The molecule has 1 nitrogen and oxygen atoms in total. The number of benzene rings is 2. The first-order chi connectivity index (χ1) is 9.83. The van der Waals surface area contributed by atoms with E-state index in [0.29, 0.717) is 6.61 Å². The van der Waals surface area contributed by atoms with Crippen molar-refractivity contribution in [1.82, 2.24) is 0 Å². The largest absolute Gasteiger partial charge is 0.377 e. The van der Waals surface area contributed by atoms with Gasteiger partial charge in [-0.3, -0.25) is 0 Å². The second-order valence-corrected chi connectivity index (χ2v) is 4.87. The Balaban J connectivity index is 2.05. The smallest absolute Gasteiger partial charge is 0.0716 e. The lowest BCUT2D eigenvalue weighted by Crippen LogP contribution is -1.93. The van der Waals surface area contributed by atoms with E-state index < -0.39 is 0 Å². The molecule has 20 heavy (non-hydrogen) atoms. The molecular weight excluding hydrogens is 244 g/mol. The monoisotopic (exact) mass is 266 g/mol. The zero-order valence-electron chi connectivity index (χ0n) is 12.3. The molecule has 0 amide bonds. The van der Waals surface area contributed by atoms with E-state index in [9.17, 15) is 0 Å². The number of hydrogen-bond acceptors (Lipinski definition) is 1. The third-order valence-electron chi connectivity index (χ3n) is 3.17. The van der Waals surface area contributed by atoms with Gasteiger partial charge in [0, 0.05) is 6.61 Å². The summed E-state index contributed by atoms with van der Waals surface area (Å²) in [5.74, 6) is 0. The third kappa shape index (κ3) is 4.07. The molecule has 0 atom stereocenters. The van der Waals surface area contributed by atoms with Gasteiger partial charge in [-0.15, -0.1) is 0 Å². The van der Waals surface area contributed by atoms with Crippen molar-refractivity contribution >= 4 is 6.08 Å². The summed E-state index contributed by atoms with van der Waals surface area (Å²) in [6.07, 6.45) is 5.23. The van der Waals surface area contributed by atoms with Gasteiger partial charge in [0.25, 0.3) is 0 Å². The van der Waals surface area contributed by atoms with E-state index in [-0.39, 0.29) is 0 Å². The number of rotatable bonds is 6. The van der Waals surface area contributed by atoms with Gasteiger partial charge < -0.3 is 4.74 Å². The van der Waals surface area contributed by atoms with Crippen molar-refractivity contribution < 1.29 is 4.74 Å². The predicted octanol–water partition coefficient (Wildman–Crippen LogP) is 5.31. The molecule has 0 bridgehead atoms. The molecule has 0 spiro atoms. The summed E-state index contributed by atoms with van der Waals surface area (Å²) in [5.41, 5.74) is 4.96. The highest BCUT2D eigenvalue weighted by molar-refractivity contribution is 5.65. The molecule has 0 unspecified atom stereocenters. The first kappa shape index (κ1) is 14.5. The molecule has 104 valence electrons. The molecule has 0 fully saturated rings. The highest BCUT2D eigenvalue weighted by atomic mass is 16.5. The lowest BCUT2D eigenvalue weighted by atomic mass is 10.0. The average molecular weight is 266 g/mol. The van der Waals surface area contributed by atoms with E-state index in [2.05, 4.69) is 67.6 Å². The van der Waals surface area contributed by atoms with E-state index in [1.165, 1.54) is 22.3 Å². The quantitative estimate of drug-likeness (QED) is 0.643. The van der Waals surface area contributed by atoms with E-state index in [1.54, 1.807) is 0 Å². The molecule has 2 aromatic carbocycles. The Hall–Kier alpha value is -1.86. The van der Waals surface area contributed by atoms with Gasteiger partial charge in [0.1, 0.15) is 0 Å². The molecule has 0 aliphatic heterocycles. The molecule has 0 aromatic heterocycles. The average Bonchev–Trinajstić information content (AvgIpc) is 2.49. The molecule has 0 radical (unpaired) electrons. The highest BCUT2D eigenvalue weighted by Gasteiger charge is 1.98. The molecule has 0 N–H and O–H groups in total. The summed E-state index contributed by atoms with van der Waals surface area (Å²) in [6, 6.07) is 17.2. The molecule has 0 saturated heterocycles. The Morgan fingerprint density at radius 2 is 1.50 bits per heavy atom. The van der Waals surface area contributed by atoms with Gasteiger partial charge in [-0.1, -0.05) is 67.6 Å². The van der Waals surface area contributed by atoms with Crippen LogP contribution >= 0.6 is 0 Å². The standard InChI is InChI=1S/C19H22O/c1-3-5-16-6-10-18(11-7-16)19-12-8-17(9-13-19)15-20-14-4-2/h3,5-13H,4,14-15H2,1-2H3. The van der Waals surface area contributed by atoms with Crippen molar-refractivity contribution in [1.29, 1.82) is 0 Å². The molecule has 0 aliphatic rings. The van der Waals surface area contributed by atoms with Crippen LogP contribution in [0.5, 0.6) is 0 Å². The normalized spacial score (nSPS) is 11.1. The van der Waals surface area contributed by atoms with Crippen molar-refractivity contribution in [3.05, 3.63) is 65.7 Å². The minimum atomic E-state index is 0.703. The van der Waals surface area contributed by atoms with Gasteiger partial charge in [0.2, 0.25) is 0 Å². The Morgan fingerprint density at radius 1 is 0.900 bits per heavy atom.